The first kappa shape index (κ1) is 21.1. The van der Waals surface area contributed by atoms with E-state index in [4.69, 9.17) is 4.43 Å². The van der Waals surface area contributed by atoms with Crippen LogP contribution in [0.4, 0.5) is 0 Å². The predicted octanol–water partition coefficient (Wildman–Crippen LogP) is 5.90. The molecule has 1 aliphatic rings. The van der Waals surface area contributed by atoms with Gasteiger partial charge in [0.05, 0.1) is 7.59 Å². The molecule has 32 heavy (non-hydrogen) atoms. The summed E-state index contributed by atoms with van der Waals surface area (Å²) in [6, 6.07) is 45.3. The Balaban J connectivity index is 1.82. The van der Waals surface area contributed by atoms with Crippen LogP contribution in [0.25, 0.3) is 0 Å². The molecule has 0 amide bonds. The van der Waals surface area contributed by atoms with E-state index in [0.29, 0.717) is 0 Å². The number of benzene rings is 4. The van der Waals surface area contributed by atoms with Crippen LogP contribution in [-0.4, -0.2) is 15.4 Å². The van der Waals surface area contributed by atoms with Crippen molar-refractivity contribution < 1.29 is 4.43 Å². The van der Waals surface area contributed by atoms with Crippen LogP contribution in [0, 0.1) is 0 Å². The number of hydrogen-bond acceptors (Lipinski definition) is 1. The molecule has 0 bridgehead atoms. The van der Waals surface area contributed by atoms with Crippen molar-refractivity contribution in [2.75, 3.05) is 0 Å². The van der Waals surface area contributed by atoms with Gasteiger partial charge < -0.3 is 4.43 Å². The molecule has 0 unspecified atom stereocenters. The number of rotatable bonds is 4. The van der Waals surface area contributed by atoms with Crippen LogP contribution < -0.4 is 10.4 Å². The van der Waals surface area contributed by atoms with E-state index in [1.54, 1.807) is 0 Å². The van der Waals surface area contributed by atoms with Gasteiger partial charge in [-0.25, -0.2) is 0 Å². The second-order valence-corrected chi connectivity index (χ2v) is 22.6. The van der Waals surface area contributed by atoms with Crippen molar-refractivity contribution in [2.45, 2.75) is 31.2 Å². The molecule has 0 atom stereocenters. The summed E-state index contributed by atoms with van der Waals surface area (Å²) >= 11 is 0. The second kappa shape index (κ2) is 8.32. The van der Waals surface area contributed by atoms with Crippen molar-refractivity contribution in [2.24, 2.45) is 0 Å². The molecule has 1 saturated heterocycles. The number of hydrogen-bond donors (Lipinski definition) is 0. The molecule has 1 heterocycles. The Morgan fingerprint density at radius 3 is 1.34 bits per heavy atom. The smallest absolute Gasteiger partial charge is 0.241 e. The van der Waals surface area contributed by atoms with Crippen molar-refractivity contribution in [3.8, 4) is 0 Å². The van der Waals surface area contributed by atoms with Gasteiger partial charge in [-0.2, -0.15) is 0 Å². The van der Waals surface area contributed by atoms with Crippen molar-refractivity contribution in [3.05, 3.63) is 132 Å². The lowest BCUT2D eigenvalue weighted by molar-refractivity contribution is 0.0984. The van der Waals surface area contributed by atoms with Crippen LogP contribution in [0.1, 0.15) is 17.5 Å². The van der Waals surface area contributed by atoms with E-state index in [1.165, 1.54) is 27.5 Å². The first-order valence-electron chi connectivity index (χ1n) is 11.5. The van der Waals surface area contributed by atoms with Gasteiger partial charge in [-0.3, -0.25) is 0 Å². The highest BCUT2D eigenvalue weighted by Crippen LogP contribution is 2.48. The van der Waals surface area contributed by atoms with Gasteiger partial charge in [0, 0.05) is 0 Å². The molecule has 0 spiro atoms. The van der Waals surface area contributed by atoms with E-state index < -0.39 is 21.0 Å². The van der Waals surface area contributed by atoms with Crippen LogP contribution in [0.15, 0.2) is 121 Å². The Hall–Kier alpha value is -2.73. The fourth-order valence-electron chi connectivity index (χ4n) is 5.51. The van der Waals surface area contributed by atoms with Gasteiger partial charge in [0.1, 0.15) is 5.60 Å². The fourth-order valence-corrected chi connectivity index (χ4v) is 19.9. The monoisotopic (exact) mass is 450 g/mol. The largest absolute Gasteiger partial charge is 0.397 e. The average Bonchev–Trinajstić information content (AvgIpc) is 2.86. The van der Waals surface area contributed by atoms with Gasteiger partial charge in [-0.05, 0) is 27.9 Å². The molecule has 0 aromatic heterocycles. The summed E-state index contributed by atoms with van der Waals surface area (Å²) in [5, 5.41) is 2.80. The van der Waals surface area contributed by atoms with Crippen molar-refractivity contribution in [3.63, 3.8) is 0 Å². The van der Waals surface area contributed by atoms with Crippen molar-refractivity contribution in [1.82, 2.24) is 0 Å². The summed E-state index contributed by atoms with van der Waals surface area (Å²) in [7, 11) is -4.31. The zero-order chi connectivity index (χ0) is 22.1. The summed E-state index contributed by atoms with van der Waals surface area (Å²) in [6.07, 6.45) is 1.02. The van der Waals surface area contributed by atoms with E-state index >= 15 is 0 Å². The summed E-state index contributed by atoms with van der Waals surface area (Å²) < 4.78 is 7.82. The Kier molecular flexibility index (Phi) is 5.50. The first-order chi connectivity index (χ1) is 15.6. The van der Waals surface area contributed by atoms with Crippen molar-refractivity contribution >= 4 is 25.8 Å². The standard InChI is InChI=1S/C29H30OSi2/c1-31(2)24-23-29(25-15-7-3-8-16-25,26-17-9-4-10-18-26)30-32(31,27-19-11-5-12-20-27)28-21-13-6-14-22-28/h3-22H,23-24H2,1-2H3. The highest BCUT2D eigenvalue weighted by Gasteiger charge is 2.61. The molecule has 0 aliphatic carbocycles. The molecule has 4 aromatic rings. The molecule has 1 aliphatic heterocycles. The third kappa shape index (κ3) is 3.32. The quantitative estimate of drug-likeness (QED) is 0.352. The van der Waals surface area contributed by atoms with Gasteiger partial charge >= 0.3 is 0 Å². The van der Waals surface area contributed by atoms with Gasteiger partial charge in [-0.1, -0.05) is 140 Å². The third-order valence-electron chi connectivity index (χ3n) is 7.22. The van der Waals surface area contributed by atoms with E-state index in [9.17, 15) is 0 Å². The van der Waals surface area contributed by atoms with Crippen molar-refractivity contribution in [1.29, 1.82) is 0 Å². The Morgan fingerprint density at radius 1 is 0.562 bits per heavy atom. The topological polar surface area (TPSA) is 9.23 Å². The molecular weight excluding hydrogens is 420 g/mol. The maximum atomic E-state index is 7.82. The zero-order valence-corrected chi connectivity index (χ0v) is 20.9. The molecule has 160 valence electrons. The normalized spacial score (nSPS) is 18.7. The van der Waals surface area contributed by atoms with Crippen LogP contribution in [0.5, 0.6) is 0 Å². The Morgan fingerprint density at radius 2 is 0.938 bits per heavy atom. The predicted molar refractivity (Wildman–Crippen MR) is 140 cm³/mol. The maximum absolute atomic E-state index is 7.82. The second-order valence-electron chi connectivity index (χ2n) is 9.46. The third-order valence-corrected chi connectivity index (χ3v) is 22.1. The van der Waals surface area contributed by atoms with E-state index in [1.807, 2.05) is 0 Å². The summed E-state index contributed by atoms with van der Waals surface area (Å²) in [5.41, 5.74) is 2.09. The molecule has 1 fully saturated rings. The lowest BCUT2D eigenvalue weighted by Gasteiger charge is -2.55. The summed E-state index contributed by atoms with van der Waals surface area (Å²) in [5.74, 6) is 0. The van der Waals surface area contributed by atoms with Crippen LogP contribution in [0.3, 0.4) is 0 Å². The Bertz CT molecular complexity index is 1080. The first-order valence-corrected chi connectivity index (χ1v) is 17.6. The Labute approximate surface area is 193 Å². The molecule has 5 rings (SSSR count). The average molecular weight is 451 g/mol. The lowest BCUT2D eigenvalue weighted by Crippen LogP contribution is -2.80. The van der Waals surface area contributed by atoms with Gasteiger partial charge in [0.2, 0.25) is 7.83 Å². The van der Waals surface area contributed by atoms with Crippen LogP contribution >= 0.6 is 0 Å². The van der Waals surface area contributed by atoms with Crippen LogP contribution in [-0.2, 0) is 10.0 Å². The van der Waals surface area contributed by atoms with E-state index in [-0.39, 0.29) is 0 Å². The van der Waals surface area contributed by atoms with E-state index in [2.05, 4.69) is 134 Å². The molecule has 1 nitrogen and oxygen atoms in total. The minimum absolute atomic E-state index is 0.442. The van der Waals surface area contributed by atoms with Crippen LogP contribution in [0.2, 0.25) is 19.1 Å². The molecule has 0 N–H and O–H groups in total. The van der Waals surface area contributed by atoms with Gasteiger partial charge in [0.25, 0.3) is 0 Å². The molecule has 3 heteroatoms. The minimum atomic E-state index is -2.52. The lowest BCUT2D eigenvalue weighted by atomic mass is 9.84. The summed E-state index contributed by atoms with van der Waals surface area (Å²) in [6.45, 7) is 5.11. The fraction of sp³-hybridized carbons (Fsp3) is 0.172. The zero-order valence-electron chi connectivity index (χ0n) is 18.9. The molecule has 0 saturated carbocycles. The molecule has 0 radical (unpaired) electrons. The highest BCUT2D eigenvalue weighted by atomic mass is 29.3. The van der Waals surface area contributed by atoms with E-state index in [0.717, 1.165) is 6.42 Å². The van der Waals surface area contributed by atoms with Gasteiger partial charge in [0.15, 0.2) is 0 Å². The highest BCUT2D eigenvalue weighted by molar-refractivity contribution is 7.48. The maximum Gasteiger partial charge on any atom is 0.241 e. The minimum Gasteiger partial charge on any atom is -0.397 e. The molecule has 4 aromatic carbocycles. The molecular formula is C29H30OSi2. The SMILES string of the molecule is C[Si]1(C)CCC(c2ccccc2)(c2ccccc2)O[Si]1(c1ccccc1)c1ccccc1. The van der Waals surface area contributed by atoms with Gasteiger partial charge in [-0.15, -0.1) is 0 Å². The summed E-state index contributed by atoms with van der Waals surface area (Å²) in [4.78, 5) is 0.